The number of aliphatic hydroxyl groups excluding tert-OH is 6. The van der Waals surface area contributed by atoms with Gasteiger partial charge in [0.05, 0.1) is 19.8 Å². The lowest BCUT2D eigenvalue weighted by Crippen LogP contribution is -2.61. The molecule has 1 aromatic heterocycles. The molecule has 15 heteroatoms. The van der Waals surface area contributed by atoms with Gasteiger partial charge in [-0.25, -0.2) is 0 Å². The highest BCUT2D eigenvalue weighted by Crippen LogP contribution is 2.35. The summed E-state index contributed by atoms with van der Waals surface area (Å²) in [6, 6.07) is 7.78. The third-order valence-electron chi connectivity index (χ3n) is 7.40. The topological polar surface area (TPSA) is 238 Å². The van der Waals surface area contributed by atoms with Crippen molar-refractivity contribution in [2.24, 2.45) is 0 Å². The SMILES string of the molecule is COc1ccc(-c2cc(=O)c3c(O)cc(OC4O[C@H](CO[C@@H]5O[C@@H](C)[C@H](O)[C@@H](O)[C@H]5O)[C@@H](O)[C@H](O)[C@H]4O)cc3o2)cc1O. The standard InChI is InChI=1S/C28H32O15/c1-10-21(32)23(34)25(36)27(40-10)39-9-19-22(33)24(35)26(37)28(43-19)41-12-6-14(30)20-15(31)8-17(42-18(20)7-12)11-3-4-16(38-2)13(29)5-11/h3-8,10,19,21-30,32-37H,9H2,1-2H3/t10-,19+,21-,22+,23+,24-,25+,26+,27+,28?/m0/s1. The number of phenols is 2. The second kappa shape index (κ2) is 12.2. The van der Waals surface area contributed by atoms with E-state index < -0.39 is 79.2 Å². The Morgan fingerprint density at radius 1 is 0.791 bits per heavy atom. The second-order valence-corrected chi connectivity index (χ2v) is 10.3. The molecule has 0 bridgehead atoms. The van der Waals surface area contributed by atoms with Crippen molar-refractivity contribution in [3.8, 4) is 34.3 Å². The molecule has 15 nitrogen and oxygen atoms in total. The van der Waals surface area contributed by atoms with Crippen LogP contribution in [0.5, 0.6) is 23.0 Å². The van der Waals surface area contributed by atoms with Gasteiger partial charge in [-0.3, -0.25) is 4.79 Å². The summed E-state index contributed by atoms with van der Waals surface area (Å²) in [5.74, 6) is -0.605. The molecule has 2 fully saturated rings. The van der Waals surface area contributed by atoms with Gasteiger partial charge in [-0.2, -0.15) is 0 Å². The fourth-order valence-corrected chi connectivity index (χ4v) is 4.92. The Bertz CT molecular complexity index is 1510. The Morgan fingerprint density at radius 3 is 2.19 bits per heavy atom. The van der Waals surface area contributed by atoms with E-state index in [2.05, 4.69) is 0 Å². The molecule has 2 aliphatic rings. The van der Waals surface area contributed by atoms with Crippen molar-refractivity contribution in [2.45, 2.75) is 68.3 Å². The predicted molar refractivity (Wildman–Crippen MR) is 143 cm³/mol. The first-order chi connectivity index (χ1) is 20.4. The van der Waals surface area contributed by atoms with Crippen molar-refractivity contribution in [3.05, 3.63) is 46.6 Å². The van der Waals surface area contributed by atoms with Gasteiger partial charge in [0.2, 0.25) is 6.29 Å². The number of fused-ring (bicyclic) bond motifs is 1. The smallest absolute Gasteiger partial charge is 0.229 e. The lowest BCUT2D eigenvalue weighted by Gasteiger charge is -2.42. The van der Waals surface area contributed by atoms with Crippen LogP contribution in [0.1, 0.15) is 6.92 Å². The highest BCUT2D eigenvalue weighted by atomic mass is 16.7. The van der Waals surface area contributed by atoms with Gasteiger partial charge < -0.3 is 69.0 Å². The summed E-state index contributed by atoms with van der Waals surface area (Å²) < 4.78 is 32.9. The van der Waals surface area contributed by atoms with Gasteiger partial charge in [-0.05, 0) is 25.1 Å². The van der Waals surface area contributed by atoms with Crippen LogP contribution in [0.15, 0.2) is 45.6 Å². The van der Waals surface area contributed by atoms with Crippen molar-refractivity contribution in [1.82, 2.24) is 0 Å². The number of phenolic OH excluding ortho intramolecular Hbond substituents is 2. The number of aromatic hydroxyl groups is 2. The van der Waals surface area contributed by atoms with Crippen LogP contribution in [0.2, 0.25) is 0 Å². The normalized spacial score (nSPS) is 32.9. The van der Waals surface area contributed by atoms with Crippen LogP contribution < -0.4 is 14.9 Å². The fourth-order valence-electron chi connectivity index (χ4n) is 4.92. The van der Waals surface area contributed by atoms with E-state index in [1.165, 1.54) is 32.2 Å². The average Bonchev–Trinajstić information content (AvgIpc) is 2.97. The molecule has 5 rings (SSSR count). The summed E-state index contributed by atoms with van der Waals surface area (Å²) >= 11 is 0. The summed E-state index contributed by atoms with van der Waals surface area (Å²) in [4.78, 5) is 12.8. The predicted octanol–water partition coefficient (Wildman–Crippen LogP) is -1.09. The minimum absolute atomic E-state index is 0.0517. The third kappa shape index (κ3) is 5.99. The first-order valence-corrected chi connectivity index (χ1v) is 13.3. The molecule has 8 N–H and O–H groups in total. The number of methoxy groups -OCH3 is 1. The molecule has 10 atom stereocenters. The van der Waals surface area contributed by atoms with Crippen LogP contribution in [-0.2, 0) is 14.2 Å². The zero-order chi connectivity index (χ0) is 31.2. The van der Waals surface area contributed by atoms with E-state index in [9.17, 15) is 45.6 Å². The summed E-state index contributed by atoms with van der Waals surface area (Å²) in [6.45, 7) is 0.953. The molecular formula is C28H32O15. The molecule has 0 amide bonds. The number of rotatable bonds is 7. The lowest BCUT2D eigenvalue weighted by molar-refractivity contribution is -0.318. The maximum absolute atomic E-state index is 12.8. The summed E-state index contributed by atoms with van der Waals surface area (Å²) in [5, 5.41) is 82.0. The minimum atomic E-state index is -1.78. The molecule has 234 valence electrons. The van der Waals surface area contributed by atoms with E-state index in [-0.39, 0.29) is 34.0 Å². The third-order valence-corrected chi connectivity index (χ3v) is 7.40. The van der Waals surface area contributed by atoms with Crippen LogP contribution in [-0.4, -0.2) is 116 Å². The Morgan fingerprint density at radius 2 is 1.49 bits per heavy atom. The first-order valence-electron chi connectivity index (χ1n) is 13.3. The van der Waals surface area contributed by atoms with E-state index in [1.807, 2.05) is 0 Å². The van der Waals surface area contributed by atoms with Gasteiger partial charge in [0.25, 0.3) is 0 Å². The van der Waals surface area contributed by atoms with E-state index >= 15 is 0 Å². The quantitative estimate of drug-likeness (QED) is 0.159. The Kier molecular flexibility index (Phi) is 8.80. The van der Waals surface area contributed by atoms with Crippen LogP contribution in [0.25, 0.3) is 22.3 Å². The average molecular weight is 609 g/mol. The molecule has 2 aliphatic heterocycles. The monoisotopic (exact) mass is 608 g/mol. The highest BCUT2D eigenvalue weighted by Gasteiger charge is 2.47. The fraction of sp³-hybridized carbons (Fsp3) is 0.464. The summed E-state index contributed by atoms with van der Waals surface area (Å²) in [7, 11) is 1.38. The van der Waals surface area contributed by atoms with E-state index in [1.54, 1.807) is 6.07 Å². The molecule has 2 saturated heterocycles. The maximum atomic E-state index is 12.8. The van der Waals surface area contributed by atoms with Crippen molar-refractivity contribution in [2.75, 3.05) is 13.7 Å². The van der Waals surface area contributed by atoms with E-state index in [4.69, 9.17) is 28.1 Å². The van der Waals surface area contributed by atoms with Gasteiger partial charge >= 0.3 is 0 Å². The van der Waals surface area contributed by atoms with Crippen molar-refractivity contribution in [3.63, 3.8) is 0 Å². The van der Waals surface area contributed by atoms with Gasteiger partial charge in [-0.15, -0.1) is 0 Å². The summed E-state index contributed by atoms with van der Waals surface area (Å²) in [5.41, 5.74) is -0.381. The van der Waals surface area contributed by atoms with E-state index in [0.29, 0.717) is 5.56 Å². The number of benzene rings is 2. The molecule has 3 aromatic rings. The zero-order valence-electron chi connectivity index (χ0n) is 22.9. The maximum Gasteiger partial charge on any atom is 0.229 e. The molecular weight excluding hydrogens is 576 g/mol. The Balaban J connectivity index is 1.36. The number of hydrogen-bond donors (Lipinski definition) is 8. The molecule has 0 aliphatic carbocycles. The Labute approximate surface area is 243 Å². The van der Waals surface area contributed by atoms with Crippen molar-refractivity contribution >= 4 is 11.0 Å². The van der Waals surface area contributed by atoms with Gasteiger partial charge in [0.15, 0.2) is 23.2 Å². The second-order valence-electron chi connectivity index (χ2n) is 10.3. The van der Waals surface area contributed by atoms with Crippen LogP contribution in [0.3, 0.4) is 0 Å². The highest BCUT2D eigenvalue weighted by molar-refractivity contribution is 5.86. The van der Waals surface area contributed by atoms with Crippen LogP contribution in [0.4, 0.5) is 0 Å². The molecule has 1 unspecified atom stereocenters. The van der Waals surface area contributed by atoms with Gasteiger partial charge in [-0.1, -0.05) is 0 Å². The van der Waals surface area contributed by atoms with Crippen molar-refractivity contribution < 1.29 is 69.0 Å². The number of ether oxygens (including phenoxy) is 5. The van der Waals surface area contributed by atoms with E-state index in [0.717, 1.165) is 12.1 Å². The van der Waals surface area contributed by atoms with Gasteiger partial charge in [0.1, 0.15) is 71.0 Å². The lowest BCUT2D eigenvalue weighted by atomic mass is 9.98. The van der Waals surface area contributed by atoms with Crippen LogP contribution in [0, 0.1) is 0 Å². The van der Waals surface area contributed by atoms with Crippen molar-refractivity contribution in [1.29, 1.82) is 0 Å². The molecule has 2 aromatic carbocycles. The molecule has 3 heterocycles. The molecule has 0 spiro atoms. The number of aliphatic hydroxyl groups is 6. The zero-order valence-corrected chi connectivity index (χ0v) is 22.9. The molecule has 43 heavy (non-hydrogen) atoms. The molecule has 0 saturated carbocycles. The largest absolute Gasteiger partial charge is 0.507 e. The van der Waals surface area contributed by atoms with Gasteiger partial charge in [0, 0.05) is 23.8 Å². The first kappa shape index (κ1) is 30.9. The number of hydrogen-bond acceptors (Lipinski definition) is 15. The van der Waals surface area contributed by atoms with Crippen LogP contribution >= 0.6 is 0 Å². The summed E-state index contributed by atoms with van der Waals surface area (Å²) in [6.07, 6.45) is -15.0. The minimum Gasteiger partial charge on any atom is -0.507 e. The Hall–Kier alpha value is -3.51. The molecule has 0 radical (unpaired) electrons.